The van der Waals surface area contributed by atoms with Gasteiger partial charge in [-0.25, -0.2) is 4.39 Å². The summed E-state index contributed by atoms with van der Waals surface area (Å²) in [5, 5.41) is 18.5. The van der Waals surface area contributed by atoms with E-state index < -0.39 is 17.4 Å². The van der Waals surface area contributed by atoms with Gasteiger partial charge in [0.25, 0.3) is 0 Å². The van der Waals surface area contributed by atoms with Crippen molar-refractivity contribution in [3.8, 4) is 5.75 Å². The second-order valence-corrected chi connectivity index (χ2v) is 5.60. The van der Waals surface area contributed by atoms with E-state index in [-0.39, 0.29) is 12.0 Å². The molecule has 1 aromatic carbocycles. The molecule has 19 heavy (non-hydrogen) atoms. The lowest BCUT2D eigenvalue weighted by Crippen LogP contribution is -2.18. The van der Waals surface area contributed by atoms with Crippen LogP contribution in [0.25, 0.3) is 0 Å². The Morgan fingerprint density at radius 2 is 1.79 bits per heavy atom. The number of benzene rings is 1. The van der Waals surface area contributed by atoms with Gasteiger partial charge >= 0.3 is 0 Å². The minimum Gasteiger partial charge on any atom is -0.505 e. The Balaban J connectivity index is 2.04. The number of halogens is 2. The van der Waals surface area contributed by atoms with Gasteiger partial charge in [0.05, 0.1) is 6.10 Å². The van der Waals surface area contributed by atoms with E-state index in [2.05, 4.69) is 0 Å². The van der Waals surface area contributed by atoms with Crippen molar-refractivity contribution in [1.82, 2.24) is 0 Å². The quantitative estimate of drug-likeness (QED) is 0.879. The van der Waals surface area contributed by atoms with Gasteiger partial charge in [-0.05, 0) is 62.5 Å². The molecular formula is C15H20F2O2. The molecule has 1 atom stereocenters. The van der Waals surface area contributed by atoms with Gasteiger partial charge in [0.2, 0.25) is 5.82 Å². The summed E-state index contributed by atoms with van der Waals surface area (Å²) < 4.78 is 27.1. The third-order valence-corrected chi connectivity index (χ3v) is 4.05. The largest absolute Gasteiger partial charge is 0.505 e. The normalized spacial score (nSPS) is 25.3. The van der Waals surface area contributed by atoms with Crippen molar-refractivity contribution in [2.24, 2.45) is 5.92 Å². The third kappa shape index (κ3) is 3.24. The molecule has 0 aromatic heterocycles. The molecule has 106 valence electrons. The highest BCUT2D eigenvalue weighted by molar-refractivity contribution is 5.32. The second kappa shape index (κ2) is 5.87. The van der Waals surface area contributed by atoms with E-state index in [1.807, 2.05) is 0 Å². The lowest BCUT2D eigenvalue weighted by atomic mass is 9.77. The van der Waals surface area contributed by atoms with Crippen LogP contribution in [0, 0.1) is 17.6 Å². The van der Waals surface area contributed by atoms with Crippen LogP contribution in [-0.4, -0.2) is 16.3 Å². The Labute approximate surface area is 112 Å². The van der Waals surface area contributed by atoms with Crippen molar-refractivity contribution in [3.05, 3.63) is 29.3 Å². The Morgan fingerprint density at radius 3 is 2.37 bits per heavy atom. The molecule has 2 rings (SSSR count). The standard InChI is InChI=1S/C15H20F2O2/c1-9(18)8-10-2-4-11(5-3-10)12-6-7-13(19)15(17)14(12)16/h6-7,9-11,18-19H,2-5,8H2,1H3. The minimum absolute atomic E-state index is 0.0142. The summed E-state index contributed by atoms with van der Waals surface area (Å²) in [4.78, 5) is 0. The summed E-state index contributed by atoms with van der Waals surface area (Å²) in [5.74, 6) is -2.21. The summed E-state index contributed by atoms with van der Waals surface area (Å²) in [6.45, 7) is 1.78. The van der Waals surface area contributed by atoms with Crippen molar-refractivity contribution in [2.75, 3.05) is 0 Å². The highest BCUT2D eigenvalue weighted by Crippen LogP contribution is 2.39. The zero-order valence-corrected chi connectivity index (χ0v) is 11.1. The Kier molecular flexibility index (Phi) is 4.40. The van der Waals surface area contributed by atoms with Crippen LogP contribution in [0.3, 0.4) is 0 Å². The number of aliphatic hydroxyl groups is 1. The number of phenols is 1. The van der Waals surface area contributed by atoms with E-state index in [1.165, 1.54) is 12.1 Å². The molecule has 1 unspecified atom stereocenters. The van der Waals surface area contributed by atoms with Crippen LogP contribution >= 0.6 is 0 Å². The monoisotopic (exact) mass is 270 g/mol. The molecule has 1 aliphatic carbocycles. The smallest absolute Gasteiger partial charge is 0.200 e. The van der Waals surface area contributed by atoms with Crippen LogP contribution in [0.4, 0.5) is 8.78 Å². The molecule has 2 nitrogen and oxygen atoms in total. The summed E-state index contributed by atoms with van der Waals surface area (Å²) in [6.07, 6.45) is 3.94. The van der Waals surface area contributed by atoms with Crippen molar-refractivity contribution >= 4 is 0 Å². The molecule has 2 N–H and O–H groups in total. The van der Waals surface area contributed by atoms with Crippen LogP contribution < -0.4 is 0 Å². The third-order valence-electron chi connectivity index (χ3n) is 4.05. The van der Waals surface area contributed by atoms with E-state index in [0.717, 1.165) is 32.1 Å². The number of phenolic OH excluding ortho intramolecular Hbond substituents is 1. The Hall–Kier alpha value is -1.16. The first-order valence-corrected chi connectivity index (χ1v) is 6.84. The average Bonchev–Trinajstić information content (AvgIpc) is 2.37. The summed E-state index contributed by atoms with van der Waals surface area (Å²) in [6, 6.07) is 2.70. The van der Waals surface area contributed by atoms with E-state index in [1.54, 1.807) is 6.92 Å². The van der Waals surface area contributed by atoms with Crippen LogP contribution in [-0.2, 0) is 0 Å². The molecule has 1 aromatic rings. The van der Waals surface area contributed by atoms with Crippen LogP contribution in [0.1, 0.15) is 50.5 Å². The summed E-state index contributed by atoms with van der Waals surface area (Å²) >= 11 is 0. The predicted octanol–water partition coefficient (Wildman–Crippen LogP) is 3.72. The zero-order valence-electron chi connectivity index (χ0n) is 11.1. The first kappa shape index (κ1) is 14.3. The van der Waals surface area contributed by atoms with Gasteiger partial charge in [0, 0.05) is 0 Å². The molecule has 0 amide bonds. The van der Waals surface area contributed by atoms with E-state index in [9.17, 15) is 13.9 Å². The summed E-state index contributed by atoms with van der Waals surface area (Å²) in [7, 11) is 0. The number of hydrogen-bond acceptors (Lipinski definition) is 2. The van der Waals surface area contributed by atoms with E-state index >= 15 is 0 Å². The van der Waals surface area contributed by atoms with Gasteiger partial charge in [0.15, 0.2) is 11.6 Å². The fourth-order valence-electron chi connectivity index (χ4n) is 3.06. The molecule has 1 fully saturated rings. The first-order chi connectivity index (χ1) is 8.99. The van der Waals surface area contributed by atoms with Crippen molar-refractivity contribution in [2.45, 2.75) is 51.0 Å². The maximum absolute atomic E-state index is 13.8. The van der Waals surface area contributed by atoms with Crippen LogP contribution in [0.15, 0.2) is 12.1 Å². The first-order valence-electron chi connectivity index (χ1n) is 6.84. The number of hydrogen-bond donors (Lipinski definition) is 2. The molecular weight excluding hydrogens is 250 g/mol. The van der Waals surface area contributed by atoms with Gasteiger partial charge in [-0.2, -0.15) is 4.39 Å². The SMILES string of the molecule is CC(O)CC1CCC(c2ccc(O)c(F)c2F)CC1. The topological polar surface area (TPSA) is 40.5 Å². The van der Waals surface area contributed by atoms with Gasteiger partial charge < -0.3 is 10.2 Å². The molecule has 4 heteroatoms. The number of aromatic hydroxyl groups is 1. The Morgan fingerprint density at radius 1 is 1.16 bits per heavy atom. The fourth-order valence-corrected chi connectivity index (χ4v) is 3.06. The summed E-state index contributed by atoms with van der Waals surface area (Å²) in [5.41, 5.74) is 0.366. The molecule has 0 aliphatic heterocycles. The predicted molar refractivity (Wildman–Crippen MR) is 69.0 cm³/mol. The zero-order chi connectivity index (χ0) is 14.0. The molecule has 1 saturated carbocycles. The second-order valence-electron chi connectivity index (χ2n) is 5.60. The van der Waals surface area contributed by atoms with Gasteiger partial charge in [-0.1, -0.05) is 6.07 Å². The highest BCUT2D eigenvalue weighted by Gasteiger charge is 2.26. The van der Waals surface area contributed by atoms with E-state index in [4.69, 9.17) is 5.11 Å². The van der Waals surface area contributed by atoms with Crippen LogP contribution in [0.5, 0.6) is 5.75 Å². The van der Waals surface area contributed by atoms with Crippen molar-refractivity contribution in [1.29, 1.82) is 0 Å². The Bertz CT molecular complexity index is 438. The van der Waals surface area contributed by atoms with E-state index in [0.29, 0.717) is 11.5 Å². The van der Waals surface area contributed by atoms with Gasteiger partial charge in [-0.3, -0.25) is 0 Å². The van der Waals surface area contributed by atoms with Crippen molar-refractivity contribution in [3.63, 3.8) is 0 Å². The number of rotatable bonds is 3. The highest BCUT2D eigenvalue weighted by atomic mass is 19.2. The average molecular weight is 270 g/mol. The molecule has 0 spiro atoms. The van der Waals surface area contributed by atoms with Gasteiger partial charge in [0.1, 0.15) is 0 Å². The van der Waals surface area contributed by atoms with Crippen molar-refractivity contribution < 1.29 is 19.0 Å². The lowest BCUT2D eigenvalue weighted by molar-refractivity contribution is 0.143. The van der Waals surface area contributed by atoms with Gasteiger partial charge in [-0.15, -0.1) is 0 Å². The maximum Gasteiger partial charge on any atom is 0.200 e. The molecule has 1 aliphatic rings. The molecule has 0 bridgehead atoms. The minimum atomic E-state index is -1.15. The van der Waals surface area contributed by atoms with Crippen LogP contribution in [0.2, 0.25) is 0 Å². The maximum atomic E-state index is 13.8. The molecule has 0 radical (unpaired) electrons. The fraction of sp³-hybridized carbons (Fsp3) is 0.600. The number of aliphatic hydroxyl groups excluding tert-OH is 1. The molecule has 0 saturated heterocycles. The molecule has 0 heterocycles. The lowest BCUT2D eigenvalue weighted by Gasteiger charge is -2.29.